The van der Waals surface area contributed by atoms with Crippen LogP contribution in [0.4, 0.5) is 0 Å². The molecule has 1 saturated heterocycles. The van der Waals surface area contributed by atoms with Gasteiger partial charge in [-0.25, -0.2) is 0 Å². The highest BCUT2D eigenvalue weighted by Gasteiger charge is 2.38. The zero-order valence-corrected chi connectivity index (χ0v) is 13.7. The molecular weight excluding hydrogens is 303 g/mol. The number of benzene rings is 2. The normalized spacial score (nSPS) is 17.0. The summed E-state index contributed by atoms with van der Waals surface area (Å²) in [5.41, 5.74) is 0. The van der Waals surface area contributed by atoms with Crippen LogP contribution in [0.1, 0.15) is 6.42 Å². The predicted octanol–water partition coefficient (Wildman–Crippen LogP) is 4.15. The highest BCUT2D eigenvalue weighted by atomic mass is 32.2. The Hall–Kier alpha value is -0.630. The minimum atomic E-state index is -2.57. The molecule has 0 amide bonds. The van der Waals surface area contributed by atoms with Crippen molar-refractivity contribution in [3.63, 3.8) is 0 Å². The predicted molar refractivity (Wildman–Crippen MR) is 93.1 cm³/mol. The van der Waals surface area contributed by atoms with Crippen molar-refractivity contribution in [3.8, 4) is 0 Å². The van der Waals surface area contributed by atoms with Gasteiger partial charge in [0.2, 0.25) is 0 Å². The van der Waals surface area contributed by atoms with E-state index in [9.17, 15) is 4.57 Å². The molecule has 0 unspecified atom stereocenters. The Morgan fingerprint density at radius 1 is 0.800 bits per heavy atom. The lowest BCUT2D eigenvalue weighted by Gasteiger charge is -2.30. The summed E-state index contributed by atoms with van der Waals surface area (Å²) < 4.78 is 14.1. The number of hydrogen-bond acceptors (Lipinski definition) is 3. The molecule has 104 valence electrons. The number of thioether (sulfide) groups is 2. The van der Waals surface area contributed by atoms with E-state index in [1.807, 2.05) is 84.2 Å². The van der Waals surface area contributed by atoms with E-state index in [1.165, 1.54) is 6.42 Å². The molecule has 1 heterocycles. The summed E-state index contributed by atoms with van der Waals surface area (Å²) in [5, 5.41) is 1.97. The highest BCUT2D eigenvalue weighted by Crippen LogP contribution is 2.59. The summed E-state index contributed by atoms with van der Waals surface area (Å²) >= 11 is 3.72. The van der Waals surface area contributed by atoms with Crippen LogP contribution in [0.2, 0.25) is 0 Å². The minimum Gasteiger partial charge on any atom is -0.312 e. The van der Waals surface area contributed by atoms with E-state index in [0.29, 0.717) is 0 Å². The molecule has 4 heteroatoms. The standard InChI is InChI=1S/C16H17OPS2/c17-18(14-8-3-1-4-9-14,15-10-5-2-6-11-15)16-19-12-7-13-20-16/h1-6,8-11,16H,7,12-13H2. The molecule has 1 aliphatic heterocycles. The Morgan fingerprint density at radius 2 is 1.25 bits per heavy atom. The van der Waals surface area contributed by atoms with Crippen molar-refractivity contribution in [2.75, 3.05) is 11.5 Å². The molecular formula is C16H17OPS2. The third-order valence-corrected chi connectivity index (χ3v) is 11.2. The highest BCUT2D eigenvalue weighted by molar-refractivity contribution is 8.26. The molecule has 1 nitrogen and oxygen atoms in total. The topological polar surface area (TPSA) is 17.1 Å². The van der Waals surface area contributed by atoms with E-state index in [2.05, 4.69) is 0 Å². The van der Waals surface area contributed by atoms with Crippen LogP contribution in [-0.2, 0) is 4.57 Å². The van der Waals surface area contributed by atoms with E-state index >= 15 is 0 Å². The molecule has 0 saturated carbocycles. The van der Waals surface area contributed by atoms with E-state index in [-0.39, 0.29) is 4.32 Å². The van der Waals surface area contributed by atoms with Gasteiger partial charge in [-0.05, 0) is 17.9 Å². The largest absolute Gasteiger partial charge is 0.312 e. The quantitative estimate of drug-likeness (QED) is 0.791. The Balaban J connectivity index is 2.10. The second kappa shape index (κ2) is 6.43. The Labute approximate surface area is 128 Å². The average Bonchev–Trinajstić information content (AvgIpc) is 2.56. The van der Waals surface area contributed by atoms with Gasteiger partial charge in [-0.1, -0.05) is 60.7 Å². The molecule has 1 aliphatic rings. The van der Waals surface area contributed by atoms with E-state index in [4.69, 9.17) is 0 Å². The van der Waals surface area contributed by atoms with Crippen LogP contribution in [0.3, 0.4) is 0 Å². The number of rotatable bonds is 3. The summed E-state index contributed by atoms with van der Waals surface area (Å²) in [6.45, 7) is 0. The van der Waals surface area contributed by atoms with Crippen molar-refractivity contribution in [1.29, 1.82) is 0 Å². The van der Waals surface area contributed by atoms with Crippen molar-refractivity contribution in [2.45, 2.75) is 10.7 Å². The first-order valence-electron chi connectivity index (χ1n) is 6.76. The van der Waals surface area contributed by atoms with Gasteiger partial charge in [0.25, 0.3) is 0 Å². The van der Waals surface area contributed by atoms with Crippen LogP contribution in [0.15, 0.2) is 60.7 Å². The molecule has 0 spiro atoms. The molecule has 0 aliphatic carbocycles. The van der Waals surface area contributed by atoms with Gasteiger partial charge in [-0.3, -0.25) is 0 Å². The van der Waals surface area contributed by atoms with Crippen molar-refractivity contribution in [3.05, 3.63) is 60.7 Å². The SMILES string of the molecule is O=P(c1ccccc1)(c1ccccc1)C1SCCCS1. The molecule has 0 atom stereocenters. The van der Waals surface area contributed by atoms with Crippen LogP contribution in [0.5, 0.6) is 0 Å². The summed E-state index contributed by atoms with van der Waals surface area (Å²) in [5.74, 6) is 2.22. The summed E-state index contributed by atoms with van der Waals surface area (Å²) in [6, 6.07) is 20.0. The van der Waals surface area contributed by atoms with Crippen LogP contribution in [0.25, 0.3) is 0 Å². The van der Waals surface area contributed by atoms with Gasteiger partial charge in [-0.2, -0.15) is 0 Å². The molecule has 2 aromatic carbocycles. The maximum atomic E-state index is 13.9. The molecule has 0 radical (unpaired) electrons. The first-order chi connectivity index (χ1) is 9.82. The lowest BCUT2D eigenvalue weighted by Crippen LogP contribution is -2.24. The smallest absolute Gasteiger partial charge is 0.165 e. The van der Waals surface area contributed by atoms with Gasteiger partial charge in [-0.15, -0.1) is 23.5 Å². The van der Waals surface area contributed by atoms with Gasteiger partial charge in [0.15, 0.2) is 7.14 Å². The van der Waals surface area contributed by atoms with Gasteiger partial charge in [0.1, 0.15) is 4.32 Å². The summed E-state index contributed by atoms with van der Waals surface area (Å²) in [6.07, 6.45) is 1.22. The Kier molecular flexibility index (Phi) is 4.60. The van der Waals surface area contributed by atoms with Crippen molar-refractivity contribution in [2.24, 2.45) is 0 Å². The first-order valence-corrected chi connectivity index (χ1v) is 10.6. The fraction of sp³-hybridized carbons (Fsp3) is 0.250. The zero-order chi connectivity index (χ0) is 13.8. The fourth-order valence-corrected chi connectivity index (χ4v) is 10.3. The van der Waals surface area contributed by atoms with Gasteiger partial charge in [0.05, 0.1) is 0 Å². The Bertz CT molecular complexity index is 551. The molecule has 20 heavy (non-hydrogen) atoms. The maximum Gasteiger partial charge on any atom is 0.165 e. The van der Waals surface area contributed by atoms with Crippen LogP contribution in [-0.4, -0.2) is 15.8 Å². The third-order valence-electron chi connectivity index (χ3n) is 3.39. The van der Waals surface area contributed by atoms with Gasteiger partial charge in [0, 0.05) is 10.6 Å². The number of hydrogen-bond donors (Lipinski definition) is 0. The van der Waals surface area contributed by atoms with Crippen molar-refractivity contribution >= 4 is 41.3 Å². The van der Waals surface area contributed by atoms with E-state index < -0.39 is 7.14 Å². The minimum absolute atomic E-state index is 0.154. The van der Waals surface area contributed by atoms with E-state index in [1.54, 1.807) is 0 Å². The summed E-state index contributed by atoms with van der Waals surface area (Å²) in [7, 11) is -2.57. The first kappa shape index (κ1) is 14.3. The van der Waals surface area contributed by atoms with Crippen molar-refractivity contribution < 1.29 is 4.57 Å². The molecule has 0 bridgehead atoms. The Morgan fingerprint density at radius 3 is 1.70 bits per heavy atom. The lowest BCUT2D eigenvalue weighted by atomic mass is 10.4. The van der Waals surface area contributed by atoms with Gasteiger partial charge >= 0.3 is 0 Å². The van der Waals surface area contributed by atoms with Gasteiger partial charge < -0.3 is 4.57 Å². The van der Waals surface area contributed by atoms with Crippen LogP contribution < -0.4 is 10.6 Å². The maximum absolute atomic E-state index is 13.9. The summed E-state index contributed by atoms with van der Waals surface area (Å²) in [4.78, 5) is 0. The monoisotopic (exact) mass is 320 g/mol. The second-order valence-corrected chi connectivity index (χ2v) is 11.0. The zero-order valence-electron chi connectivity index (χ0n) is 11.1. The van der Waals surface area contributed by atoms with Crippen molar-refractivity contribution in [1.82, 2.24) is 0 Å². The average molecular weight is 320 g/mol. The lowest BCUT2D eigenvalue weighted by molar-refractivity contribution is 0.589. The van der Waals surface area contributed by atoms with Crippen LogP contribution in [0, 0.1) is 0 Å². The van der Waals surface area contributed by atoms with Crippen LogP contribution >= 0.6 is 30.7 Å². The second-order valence-electron chi connectivity index (χ2n) is 4.73. The fourth-order valence-electron chi connectivity index (χ4n) is 2.38. The third kappa shape index (κ3) is 2.72. The molecule has 3 rings (SSSR count). The van der Waals surface area contributed by atoms with E-state index in [0.717, 1.165) is 22.1 Å². The molecule has 0 aromatic heterocycles. The molecule has 0 N–H and O–H groups in total. The molecule has 2 aromatic rings. The molecule has 1 fully saturated rings.